The minimum atomic E-state index is 0.324. The number of fused-ring (bicyclic) bond motifs is 3. The molecule has 0 amide bonds. The van der Waals surface area contributed by atoms with E-state index in [1.54, 1.807) is 7.11 Å². The van der Waals surface area contributed by atoms with E-state index in [9.17, 15) is 0 Å². The maximum Gasteiger partial charge on any atom is 0.151 e. The molecule has 44 heavy (non-hydrogen) atoms. The number of likely N-dealkylation sites (tertiary alicyclic amines) is 2. The highest BCUT2D eigenvalue weighted by Gasteiger charge is 2.42. The molecule has 4 aliphatic heterocycles. The van der Waals surface area contributed by atoms with Crippen LogP contribution in [0.2, 0.25) is 0 Å². The minimum absolute atomic E-state index is 0.324. The van der Waals surface area contributed by atoms with Gasteiger partial charge in [-0.25, -0.2) is 15.0 Å². The lowest BCUT2D eigenvalue weighted by Gasteiger charge is -2.46. The average molecular weight is 601 g/mol. The van der Waals surface area contributed by atoms with Gasteiger partial charge in [-0.1, -0.05) is 19.1 Å². The molecule has 6 heterocycles. The highest BCUT2D eigenvalue weighted by atomic mass is 16.5. The molecule has 2 bridgehead atoms. The van der Waals surface area contributed by atoms with E-state index in [1.807, 2.05) is 6.20 Å². The lowest BCUT2D eigenvalue weighted by Crippen LogP contribution is -2.58. The summed E-state index contributed by atoms with van der Waals surface area (Å²) in [7, 11) is 4.05. The van der Waals surface area contributed by atoms with Gasteiger partial charge < -0.3 is 25.4 Å². The van der Waals surface area contributed by atoms with Gasteiger partial charge in [-0.15, -0.1) is 0 Å². The van der Waals surface area contributed by atoms with Crippen molar-refractivity contribution in [3.8, 4) is 16.9 Å². The molecule has 2 atom stereocenters. The highest BCUT2D eigenvalue weighted by Crippen LogP contribution is 2.37. The van der Waals surface area contributed by atoms with Crippen LogP contribution in [-0.2, 0) is 17.7 Å². The lowest BCUT2D eigenvalue weighted by molar-refractivity contribution is 0.0151. The van der Waals surface area contributed by atoms with Crippen molar-refractivity contribution in [3.05, 3.63) is 35.7 Å². The van der Waals surface area contributed by atoms with Gasteiger partial charge in [0.15, 0.2) is 5.82 Å². The predicted molar refractivity (Wildman–Crippen MR) is 175 cm³/mol. The van der Waals surface area contributed by atoms with E-state index in [1.165, 1.54) is 44.3 Å². The Balaban J connectivity index is 1.09. The van der Waals surface area contributed by atoms with Crippen LogP contribution in [-0.4, -0.2) is 107 Å². The molecule has 4 aliphatic rings. The molecule has 3 aromatic rings. The second-order valence-corrected chi connectivity index (χ2v) is 13.2. The fraction of sp³-hybridized carbons (Fsp3) is 0.618. The van der Waals surface area contributed by atoms with Crippen LogP contribution < -0.4 is 15.8 Å². The van der Waals surface area contributed by atoms with E-state index in [0.717, 1.165) is 104 Å². The van der Waals surface area contributed by atoms with Crippen LogP contribution in [0.5, 0.6) is 5.75 Å². The first-order valence-corrected chi connectivity index (χ1v) is 16.7. The Morgan fingerprint density at radius 3 is 2.43 bits per heavy atom. The summed E-state index contributed by atoms with van der Waals surface area (Å²) in [5.41, 5.74) is 11.8. The van der Waals surface area contributed by atoms with E-state index in [2.05, 4.69) is 57.2 Å². The molecule has 2 aromatic heterocycles. The van der Waals surface area contributed by atoms with Gasteiger partial charge >= 0.3 is 0 Å². The van der Waals surface area contributed by atoms with E-state index in [4.69, 9.17) is 25.2 Å². The van der Waals surface area contributed by atoms with Gasteiger partial charge in [0.1, 0.15) is 22.6 Å². The molecule has 0 radical (unpaired) electrons. The molecular formula is C34H48N8O2. The third-order valence-electron chi connectivity index (χ3n) is 10.4. The molecule has 3 N–H and O–H groups in total. The van der Waals surface area contributed by atoms with E-state index in [-0.39, 0.29) is 0 Å². The molecule has 1 aromatic carbocycles. The van der Waals surface area contributed by atoms with Gasteiger partial charge in [-0.3, -0.25) is 9.80 Å². The van der Waals surface area contributed by atoms with Crippen molar-refractivity contribution in [1.29, 1.82) is 0 Å². The van der Waals surface area contributed by atoms with Crippen LogP contribution in [0.25, 0.3) is 22.2 Å². The van der Waals surface area contributed by atoms with Gasteiger partial charge in [-0.05, 0) is 76.7 Å². The quantitative estimate of drug-likeness (QED) is 0.391. The fourth-order valence-electron chi connectivity index (χ4n) is 8.10. The van der Waals surface area contributed by atoms with Crippen LogP contribution in [0.3, 0.4) is 0 Å². The summed E-state index contributed by atoms with van der Waals surface area (Å²) in [6, 6.07) is 9.07. The average Bonchev–Trinajstić information content (AvgIpc) is 3.32. The molecule has 0 spiro atoms. The summed E-state index contributed by atoms with van der Waals surface area (Å²) >= 11 is 0. The fourth-order valence-corrected chi connectivity index (χ4v) is 8.10. The number of ether oxygens (including phenoxy) is 2. The number of nitrogens with one attached hydrogen (secondary N) is 1. The number of nitrogens with two attached hydrogens (primary N) is 1. The molecule has 10 nitrogen and oxygen atoms in total. The van der Waals surface area contributed by atoms with Crippen molar-refractivity contribution in [2.24, 2.45) is 0 Å². The Morgan fingerprint density at radius 2 is 1.73 bits per heavy atom. The van der Waals surface area contributed by atoms with Crippen molar-refractivity contribution < 1.29 is 9.47 Å². The largest absolute Gasteiger partial charge is 0.496 e. The topological polar surface area (TPSA) is 105 Å². The van der Waals surface area contributed by atoms with Gasteiger partial charge in [0.05, 0.1) is 12.8 Å². The summed E-state index contributed by atoms with van der Waals surface area (Å²) in [4.78, 5) is 22.6. The zero-order valence-electron chi connectivity index (χ0n) is 26.6. The van der Waals surface area contributed by atoms with Crippen LogP contribution in [0, 0.1) is 0 Å². The number of aryl methyl sites for hydroxylation is 1. The van der Waals surface area contributed by atoms with Gasteiger partial charge in [0.2, 0.25) is 0 Å². The first-order chi connectivity index (χ1) is 21.5. The molecule has 7 rings (SSSR count). The highest BCUT2D eigenvalue weighted by molar-refractivity contribution is 5.97. The summed E-state index contributed by atoms with van der Waals surface area (Å²) in [6.07, 6.45) is 9.75. The van der Waals surface area contributed by atoms with E-state index in [0.29, 0.717) is 17.4 Å². The van der Waals surface area contributed by atoms with Crippen molar-refractivity contribution in [3.63, 3.8) is 0 Å². The number of likely N-dealkylation sites (N-methyl/N-ethyl adjacent to an activating group) is 1. The number of pyridine rings is 1. The Labute approximate surface area is 261 Å². The third-order valence-corrected chi connectivity index (χ3v) is 10.4. The van der Waals surface area contributed by atoms with E-state index >= 15 is 0 Å². The van der Waals surface area contributed by atoms with Crippen LogP contribution >= 0.6 is 0 Å². The molecule has 4 saturated heterocycles. The first kappa shape index (κ1) is 29.6. The first-order valence-electron chi connectivity index (χ1n) is 16.7. The minimum Gasteiger partial charge on any atom is -0.496 e. The second-order valence-electron chi connectivity index (χ2n) is 13.2. The zero-order valence-corrected chi connectivity index (χ0v) is 26.6. The van der Waals surface area contributed by atoms with E-state index < -0.39 is 0 Å². The van der Waals surface area contributed by atoms with Crippen LogP contribution in [0.1, 0.15) is 56.7 Å². The van der Waals surface area contributed by atoms with Gasteiger partial charge in [-0.2, -0.15) is 0 Å². The normalized spacial score (nSPS) is 24.2. The third kappa shape index (κ3) is 5.85. The number of aromatic nitrogens is 3. The standard InChI is InChI=1S/C34H48N8O2/c1-4-29-34(37-24-11-15-44-16-12-24)39-31-28(18-36-33(35)32(31)38-29)22-5-6-23(30(17-22)43-3)19-41-13-9-25(10-14-41)42-26-7-8-27(42)21-40(2)20-26/h5-6,17-18,24-27H,4,7-16,19-21H2,1-3H3,(H2,35,36)(H,37,39). The molecule has 236 valence electrons. The number of benzene rings is 1. The van der Waals surface area contributed by atoms with Crippen molar-refractivity contribution in [2.75, 3.05) is 64.6 Å². The smallest absolute Gasteiger partial charge is 0.151 e. The van der Waals surface area contributed by atoms with Crippen LogP contribution in [0.4, 0.5) is 11.6 Å². The summed E-state index contributed by atoms with van der Waals surface area (Å²) in [5, 5.41) is 3.65. The Bertz CT molecular complexity index is 1460. The van der Waals surface area contributed by atoms with Gasteiger partial charge in [0.25, 0.3) is 0 Å². The Hall–Kier alpha value is -3.05. The number of piperidine rings is 1. The zero-order chi connectivity index (χ0) is 30.2. The number of hydrogen-bond acceptors (Lipinski definition) is 10. The molecule has 0 aliphatic carbocycles. The monoisotopic (exact) mass is 600 g/mol. The maximum absolute atomic E-state index is 6.34. The molecule has 2 unspecified atom stereocenters. The number of hydrogen-bond donors (Lipinski definition) is 2. The Kier molecular flexibility index (Phi) is 8.59. The molecule has 0 saturated carbocycles. The molecule has 10 heteroatoms. The second kappa shape index (κ2) is 12.7. The SMILES string of the molecule is CCc1nc2c(N)ncc(-c3ccc(CN4CCC(N5C6CCC5CN(C)C6)CC4)c(OC)c3)c2nc1NC1CCOCC1. The summed E-state index contributed by atoms with van der Waals surface area (Å²) in [5.74, 6) is 2.13. The summed E-state index contributed by atoms with van der Waals surface area (Å²) in [6.45, 7) is 9.26. The van der Waals surface area contributed by atoms with Gasteiger partial charge in [0, 0.05) is 74.3 Å². The number of methoxy groups -OCH3 is 1. The summed E-state index contributed by atoms with van der Waals surface area (Å²) < 4.78 is 11.5. The predicted octanol–water partition coefficient (Wildman–Crippen LogP) is 4.18. The van der Waals surface area contributed by atoms with Crippen molar-refractivity contribution in [2.45, 2.75) is 82.6 Å². The molecule has 4 fully saturated rings. The number of nitrogens with zero attached hydrogens (tertiary/aromatic N) is 6. The van der Waals surface area contributed by atoms with Crippen LogP contribution in [0.15, 0.2) is 24.4 Å². The number of rotatable bonds is 8. The van der Waals surface area contributed by atoms with Crippen molar-refractivity contribution >= 4 is 22.7 Å². The number of nitrogen functional groups attached to an aromatic ring is 1. The number of piperazine rings is 1. The molecular weight excluding hydrogens is 552 g/mol. The van der Waals surface area contributed by atoms with Crippen molar-refractivity contribution in [1.82, 2.24) is 29.7 Å². The maximum atomic E-state index is 6.34. The number of anilines is 2. The lowest BCUT2D eigenvalue weighted by atomic mass is 9.98. The Morgan fingerprint density at radius 1 is 0.977 bits per heavy atom.